The van der Waals surface area contributed by atoms with Gasteiger partial charge in [-0.15, -0.1) is 0 Å². The van der Waals surface area contributed by atoms with Crippen molar-refractivity contribution in [1.82, 2.24) is 9.80 Å². The van der Waals surface area contributed by atoms with Gasteiger partial charge in [0.05, 0.1) is 0 Å². The maximum atomic E-state index is 8.76. The molecule has 0 unspecified atom stereocenters. The molecule has 0 saturated heterocycles. The Morgan fingerprint density at radius 3 is 3.07 bits per heavy atom. The summed E-state index contributed by atoms with van der Waals surface area (Å²) in [5, 5.41) is 12.0. The predicted octanol–water partition coefficient (Wildman–Crippen LogP) is 1.68. The van der Waals surface area contributed by atoms with E-state index in [9.17, 15) is 0 Å². The standard InChI is InChI=1S/C10H13N3O/c1-8-7-12-6-4-3-5-10(12)13(8)9(2)11-14/h3-5,7,14H,6H2,1-2H3/b11-9-. The molecule has 0 fully saturated rings. The van der Waals surface area contributed by atoms with Crippen molar-refractivity contribution >= 4 is 5.84 Å². The van der Waals surface area contributed by atoms with E-state index in [2.05, 4.69) is 16.1 Å². The first-order valence-corrected chi connectivity index (χ1v) is 4.54. The summed E-state index contributed by atoms with van der Waals surface area (Å²) in [5.74, 6) is 1.63. The maximum Gasteiger partial charge on any atom is 0.151 e. The van der Waals surface area contributed by atoms with Crippen LogP contribution in [-0.2, 0) is 0 Å². The van der Waals surface area contributed by atoms with Crippen LogP contribution in [0.3, 0.4) is 0 Å². The van der Waals surface area contributed by atoms with E-state index in [1.54, 1.807) is 6.92 Å². The molecule has 0 radical (unpaired) electrons. The summed E-state index contributed by atoms with van der Waals surface area (Å²) in [5.41, 5.74) is 1.07. The molecule has 4 heteroatoms. The SMILES string of the molecule is CC1=CN2CC=CC=C2N1/C(C)=N\O. The molecular weight excluding hydrogens is 178 g/mol. The molecule has 0 spiro atoms. The van der Waals surface area contributed by atoms with Crippen molar-refractivity contribution in [1.29, 1.82) is 0 Å². The molecule has 74 valence electrons. The minimum atomic E-state index is 0.586. The van der Waals surface area contributed by atoms with Gasteiger partial charge in [-0.2, -0.15) is 0 Å². The third kappa shape index (κ3) is 1.19. The lowest BCUT2D eigenvalue weighted by Gasteiger charge is -2.25. The number of nitrogens with zero attached hydrogens (tertiary/aromatic N) is 3. The molecule has 0 atom stereocenters. The molecule has 2 aliphatic heterocycles. The van der Waals surface area contributed by atoms with E-state index in [0.717, 1.165) is 18.1 Å². The average Bonchev–Trinajstić information content (AvgIpc) is 2.53. The van der Waals surface area contributed by atoms with E-state index in [1.807, 2.05) is 30.2 Å². The lowest BCUT2D eigenvalue weighted by Crippen LogP contribution is -2.29. The van der Waals surface area contributed by atoms with E-state index in [0.29, 0.717) is 5.84 Å². The summed E-state index contributed by atoms with van der Waals surface area (Å²) in [6, 6.07) is 0. The zero-order valence-corrected chi connectivity index (χ0v) is 8.31. The number of amidine groups is 1. The second kappa shape index (κ2) is 3.21. The van der Waals surface area contributed by atoms with Crippen molar-refractivity contribution in [3.05, 3.63) is 35.9 Å². The van der Waals surface area contributed by atoms with Crippen molar-refractivity contribution in [3.8, 4) is 0 Å². The molecule has 0 saturated carbocycles. The maximum absolute atomic E-state index is 8.76. The quantitative estimate of drug-likeness (QED) is 0.274. The summed E-state index contributed by atoms with van der Waals surface area (Å²) in [6.07, 6.45) is 8.15. The van der Waals surface area contributed by atoms with Crippen LogP contribution in [0.4, 0.5) is 0 Å². The Balaban J connectivity index is 2.37. The highest BCUT2D eigenvalue weighted by Gasteiger charge is 2.26. The number of hydrogen-bond acceptors (Lipinski definition) is 3. The molecule has 0 aromatic carbocycles. The fourth-order valence-corrected chi connectivity index (χ4v) is 1.77. The van der Waals surface area contributed by atoms with Crippen LogP contribution in [0.25, 0.3) is 0 Å². The largest absolute Gasteiger partial charge is 0.409 e. The van der Waals surface area contributed by atoms with Crippen LogP contribution in [0.2, 0.25) is 0 Å². The number of hydrogen-bond donors (Lipinski definition) is 1. The minimum absolute atomic E-state index is 0.586. The van der Waals surface area contributed by atoms with Gasteiger partial charge in [0.25, 0.3) is 0 Å². The van der Waals surface area contributed by atoms with Gasteiger partial charge in [0.2, 0.25) is 0 Å². The second-order valence-electron chi connectivity index (χ2n) is 3.36. The van der Waals surface area contributed by atoms with Crippen molar-refractivity contribution in [2.24, 2.45) is 5.16 Å². The number of allylic oxidation sites excluding steroid dienone is 3. The van der Waals surface area contributed by atoms with E-state index < -0.39 is 0 Å². The number of rotatable bonds is 0. The average molecular weight is 191 g/mol. The van der Waals surface area contributed by atoms with Crippen LogP contribution in [0.5, 0.6) is 0 Å². The van der Waals surface area contributed by atoms with Crippen LogP contribution in [0.1, 0.15) is 13.8 Å². The zero-order valence-electron chi connectivity index (χ0n) is 8.31. The van der Waals surface area contributed by atoms with Crippen molar-refractivity contribution in [2.75, 3.05) is 6.54 Å². The smallest absolute Gasteiger partial charge is 0.151 e. The van der Waals surface area contributed by atoms with Gasteiger partial charge in [-0.3, -0.25) is 4.90 Å². The van der Waals surface area contributed by atoms with E-state index in [-0.39, 0.29) is 0 Å². The first-order valence-electron chi connectivity index (χ1n) is 4.54. The molecule has 0 amide bonds. The van der Waals surface area contributed by atoms with Crippen LogP contribution in [0.15, 0.2) is 41.1 Å². The monoisotopic (exact) mass is 191 g/mol. The zero-order chi connectivity index (χ0) is 10.1. The van der Waals surface area contributed by atoms with E-state index in [4.69, 9.17) is 5.21 Å². The van der Waals surface area contributed by atoms with Gasteiger partial charge in [-0.25, -0.2) is 0 Å². The van der Waals surface area contributed by atoms with Crippen molar-refractivity contribution < 1.29 is 5.21 Å². The highest BCUT2D eigenvalue weighted by Crippen LogP contribution is 2.27. The third-order valence-electron chi connectivity index (χ3n) is 2.37. The predicted molar refractivity (Wildman–Crippen MR) is 54.4 cm³/mol. The summed E-state index contributed by atoms with van der Waals surface area (Å²) >= 11 is 0. The molecule has 4 nitrogen and oxygen atoms in total. The lowest BCUT2D eigenvalue weighted by atomic mass is 10.3. The lowest BCUT2D eigenvalue weighted by molar-refractivity contribution is 0.308. The van der Waals surface area contributed by atoms with Gasteiger partial charge in [-0.1, -0.05) is 17.3 Å². The fourth-order valence-electron chi connectivity index (χ4n) is 1.77. The molecule has 1 N–H and O–H groups in total. The normalized spacial score (nSPS) is 20.9. The second-order valence-corrected chi connectivity index (χ2v) is 3.36. The molecule has 0 aliphatic carbocycles. The molecule has 2 heterocycles. The summed E-state index contributed by atoms with van der Waals surface area (Å²) < 4.78 is 0. The Morgan fingerprint density at radius 2 is 2.36 bits per heavy atom. The molecule has 0 bridgehead atoms. The van der Waals surface area contributed by atoms with E-state index >= 15 is 0 Å². The van der Waals surface area contributed by atoms with Gasteiger partial charge in [-0.05, 0) is 19.9 Å². The number of fused-ring (bicyclic) bond motifs is 1. The fraction of sp³-hybridized carbons (Fsp3) is 0.300. The van der Waals surface area contributed by atoms with Gasteiger partial charge >= 0.3 is 0 Å². The molecule has 2 rings (SSSR count). The summed E-state index contributed by atoms with van der Waals surface area (Å²) in [6.45, 7) is 4.65. The Kier molecular flexibility index (Phi) is 2.04. The minimum Gasteiger partial charge on any atom is -0.409 e. The van der Waals surface area contributed by atoms with Crippen molar-refractivity contribution in [3.63, 3.8) is 0 Å². The van der Waals surface area contributed by atoms with Crippen LogP contribution in [-0.4, -0.2) is 27.4 Å². The molecule has 14 heavy (non-hydrogen) atoms. The van der Waals surface area contributed by atoms with Gasteiger partial charge in [0.15, 0.2) is 5.84 Å². The molecular formula is C10H13N3O. The molecule has 0 aromatic heterocycles. The van der Waals surface area contributed by atoms with Gasteiger partial charge < -0.3 is 10.1 Å². The summed E-state index contributed by atoms with van der Waals surface area (Å²) in [4.78, 5) is 4.04. The Hall–Kier alpha value is -1.71. The molecule has 0 aromatic rings. The third-order valence-corrected chi connectivity index (χ3v) is 2.37. The van der Waals surface area contributed by atoms with Crippen LogP contribution >= 0.6 is 0 Å². The highest BCUT2D eigenvalue weighted by molar-refractivity contribution is 5.83. The van der Waals surface area contributed by atoms with Gasteiger partial charge in [0.1, 0.15) is 5.82 Å². The first-order chi connectivity index (χ1) is 6.74. The number of oxime groups is 1. The Labute approximate surface area is 83.1 Å². The molecule has 2 aliphatic rings. The topological polar surface area (TPSA) is 39.1 Å². The highest BCUT2D eigenvalue weighted by atomic mass is 16.4. The van der Waals surface area contributed by atoms with Crippen molar-refractivity contribution in [2.45, 2.75) is 13.8 Å². The van der Waals surface area contributed by atoms with Crippen LogP contribution < -0.4 is 0 Å². The summed E-state index contributed by atoms with van der Waals surface area (Å²) in [7, 11) is 0. The Morgan fingerprint density at radius 1 is 1.57 bits per heavy atom. The first kappa shape index (κ1) is 8.87. The Bertz CT molecular complexity index is 366. The van der Waals surface area contributed by atoms with Crippen LogP contribution in [0, 0.1) is 0 Å². The van der Waals surface area contributed by atoms with E-state index in [1.165, 1.54) is 0 Å². The van der Waals surface area contributed by atoms with Gasteiger partial charge in [0, 0.05) is 18.4 Å².